The van der Waals surface area contributed by atoms with E-state index in [1.165, 1.54) is 17.4 Å². The lowest BCUT2D eigenvalue weighted by molar-refractivity contribution is -0.117. The molecule has 1 aromatic heterocycles. The Bertz CT molecular complexity index is 678. The van der Waals surface area contributed by atoms with Gasteiger partial charge in [0, 0.05) is 17.5 Å². The Morgan fingerprint density at radius 1 is 1.39 bits per heavy atom. The molecule has 8 heteroatoms. The molecule has 0 aliphatic rings. The summed E-state index contributed by atoms with van der Waals surface area (Å²) in [6.45, 7) is 3.09. The first-order chi connectivity index (χ1) is 11.0. The lowest BCUT2D eigenvalue weighted by Crippen LogP contribution is -2.35. The van der Waals surface area contributed by atoms with Gasteiger partial charge in [0.1, 0.15) is 0 Å². The van der Waals surface area contributed by atoms with Gasteiger partial charge in [-0.3, -0.25) is 9.69 Å². The van der Waals surface area contributed by atoms with Crippen LogP contribution in [0.2, 0.25) is 0 Å². The molecule has 0 aliphatic heterocycles. The van der Waals surface area contributed by atoms with Gasteiger partial charge in [0.2, 0.25) is 5.91 Å². The van der Waals surface area contributed by atoms with Crippen LogP contribution < -0.4 is 5.32 Å². The first kappa shape index (κ1) is 17.5. The van der Waals surface area contributed by atoms with E-state index >= 15 is 0 Å². The zero-order valence-corrected chi connectivity index (χ0v) is 13.4. The van der Waals surface area contributed by atoms with Gasteiger partial charge in [0.15, 0.2) is 16.8 Å². The highest BCUT2D eigenvalue weighted by Gasteiger charge is 2.12. The van der Waals surface area contributed by atoms with Gasteiger partial charge in [-0.15, -0.1) is 11.3 Å². The molecule has 2 rings (SSSR count). The molecule has 0 bridgehead atoms. The van der Waals surface area contributed by atoms with Gasteiger partial charge in [-0.1, -0.05) is 6.92 Å². The second-order valence-electron chi connectivity index (χ2n) is 4.81. The highest BCUT2D eigenvalue weighted by Crippen LogP contribution is 2.26. The molecular formula is C15H17F2N3O2S. The summed E-state index contributed by atoms with van der Waals surface area (Å²) in [5.41, 5.74) is 0.906. The Morgan fingerprint density at radius 3 is 2.83 bits per heavy atom. The minimum absolute atomic E-state index is 0.0152. The smallest absolute Gasteiger partial charge is 0.240 e. The fraction of sp³-hybridized carbons (Fsp3) is 0.333. The largest absolute Gasteiger partial charge is 0.395 e. The second-order valence-corrected chi connectivity index (χ2v) is 5.67. The molecule has 1 amide bonds. The highest BCUT2D eigenvalue weighted by atomic mass is 32.1. The molecule has 0 aliphatic carbocycles. The van der Waals surface area contributed by atoms with Crippen molar-refractivity contribution in [1.82, 2.24) is 9.88 Å². The third-order valence-electron chi connectivity index (χ3n) is 3.20. The van der Waals surface area contributed by atoms with Crippen LogP contribution in [-0.4, -0.2) is 47.1 Å². The first-order valence-corrected chi connectivity index (χ1v) is 7.95. The van der Waals surface area contributed by atoms with Gasteiger partial charge in [0.25, 0.3) is 0 Å². The van der Waals surface area contributed by atoms with Crippen molar-refractivity contribution in [1.29, 1.82) is 0 Å². The molecule has 1 aromatic carbocycles. The summed E-state index contributed by atoms with van der Waals surface area (Å²) in [5, 5.41) is 13.6. The Balaban J connectivity index is 2.01. The quantitative estimate of drug-likeness (QED) is 0.811. The number of hydrogen-bond donors (Lipinski definition) is 2. The van der Waals surface area contributed by atoms with Gasteiger partial charge in [0.05, 0.1) is 18.8 Å². The number of likely N-dealkylation sites (N-methyl/N-ethyl adjacent to an activating group) is 1. The Morgan fingerprint density at radius 2 is 2.17 bits per heavy atom. The van der Waals surface area contributed by atoms with E-state index in [1.807, 2.05) is 6.92 Å². The molecular weight excluding hydrogens is 324 g/mol. The number of aromatic nitrogens is 1. The van der Waals surface area contributed by atoms with Crippen molar-refractivity contribution in [2.24, 2.45) is 0 Å². The van der Waals surface area contributed by atoms with Gasteiger partial charge in [-0.2, -0.15) is 0 Å². The number of carbonyl (C=O) groups excluding carboxylic acids is 1. The van der Waals surface area contributed by atoms with E-state index in [1.54, 1.807) is 10.3 Å². The van der Waals surface area contributed by atoms with Crippen LogP contribution in [0.3, 0.4) is 0 Å². The maximum absolute atomic E-state index is 13.2. The SMILES string of the molecule is CCN(CCO)CC(=O)Nc1nc(-c2ccc(F)c(F)c2)cs1. The minimum atomic E-state index is -0.941. The van der Waals surface area contributed by atoms with Gasteiger partial charge in [-0.05, 0) is 24.7 Å². The molecule has 0 atom stereocenters. The standard InChI is InChI=1S/C15H17F2N3O2S/c1-2-20(5-6-21)8-14(22)19-15-18-13(9-23-15)10-3-4-11(16)12(17)7-10/h3-4,7,9,21H,2,5-6,8H2,1H3,(H,18,19,22). The predicted octanol–water partition coefficient (Wildman–Crippen LogP) is 2.34. The van der Waals surface area contributed by atoms with Crippen LogP contribution in [0.25, 0.3) is 11.3 Å². The van der Waals surface area contributed by atoms with Crippen LogP contribution in [-0.2, 0) is 4.79 Å². The van der Waals surface area contributed by atoms with Crippen LogP contribution in [0.5, 0.6) is 0 Å². The molecule has 0 unspecified atom stereocenters. The fourth-order valence-corrected chi connectivity index (χ4v) is 2.71. The Labute approximate surface area is 136 Å². The number of halogens is 2. The number of rotatable bonds is 7. The Kier molecular flexibility index (Phi) is 6.14. The van der Waals surface area contributed by atoms with Crippen molar-refractivity contribution in [3.63, 3.8) is 0 Å². The molecule has 2 N–H and O–H groups in total. The molecule has 23 heavy (non-hydrogen) atoms. The van der Waals surface area contributed by atoms with Crippen LogP contribution >= 0.6 is 11.3 Å². The predicted molar refractivity (Wildman–Crippen MR) is 85.3 cm³/mol. The third-order valence-corrected chi connectivity index (χ3v) is 3.95. The Hall–Kier alpha value is -1.90. The molecule has 0 spiro atoms. The number of hydrogen-bond acceptors (Lipinski definition) is 5. The zero-order valence-electron chi connectivity index (χ0n) is 12.6. The second kappa shape index (κ2) is 8.09. The van der Waals surface area contributed by atoms with Gasteiger partial charge in [-0.25, -0.2) is 13.8 Å². The summed E-state index contributed by atoms with van der Waals surface area (Å²) in [4.78, 5) is 17.9. The number of aliphatic hydroxyl groups excluding tert-OH is 1. The van der Waals surface area contributed by atoms with E-state index in [2.05, 4.69) is 10.3 Å². The minimum Gasteiger partial charge on any atom is -0.395 e. The average molecular weight is 341 g/mol. The highest BCUT2D eigenvalue weighted by molar-refractivity contribution is 7.14. The van der Waals surface area contributed by atoms with E-state index in [0.29, 0.717) is 29.5 Å². The summed E-state index contributed by atoms with van der Waals surface area (Å²) >= 11 is 1.20. The molecule has 2 aromatic rings. The summed E-state index contributed by atoms with van der Waals surface area (Å²) in [7, 11) is 0. The van der Waals surface area contributed by atoms with E-state index in [9.17, 15) is 13.6 Å². The number of nitrogens with one attached hydrogen (secondary N) is 1. The number of amides is 1. The van der Waals surface area contributed by atoms with Crippen molar-refractivity contribution in [2.75, 3.05) is 31.6 Å². The lowest BCUT2D eigenvalue weighted by Gasteiger charge is -2.17. The number of benzene rings is 1. The molecule has 5 nitrogen and oxygen atoms in total. The topological polar surface area (TPSA) is 65.5 Å². The summed E-state index contributed by atoms with van der Waals surface area (Å²) in [5.74, 6) is -2.10. The van der Waals surface area contributed by atoms with E-state index < -0.39 is 11.6 Å². The summed E-state index contributed by atoms with van der Waals surface area (Å²) in [6.07, 6.45) is 0. The normalized spacial score (nSPS) is 11.0. The fourth-order valence-electron chi connectivity index (χ4n) is 1.97. The molecule has 0 saturated carbocycles. The van der Waals surface area contributed by atoms with E-state index in [0.717, 1.165) is 12.1 Å². The summed E-state index contributed by atoms with van der Waals surface area (Å²) < 4.78 is 26.2. The van der Waals surface area contributed by atoms with Crippen molar-refractivity contribution in [3.05, 3.63) is 35.2 Å². The number of thiazole rings is 1. The van der Waals surface area contributed by atoms with E-state index in [4.69, 9.17) is 5.11 Å². The van der Waals surface area contributed by atoms with Gasteiger partial charge < -0.3 is 10.4 Å². The lowest BCUT2D eigenvalue weighted by atomic mass is 10.2. The molecule has 0 radical (unpaired) electrons. The molecule has 0 fully saturated rings. The third kappa shape index (κ3) is 4.78. The molecule has 0 saturated heterocycles. The van der Waals surface area contributed by atoms with Crippen molar-refractivity contribution >= 4 is 22.4 Å². The molecule has 124 valence electrons. The maximum atomic E-state index is 13.2. The van der Waals surface area contributed by atoms with Crippen LogP contribution in [0, 0.1) is 11.6 Å². The molecule has 1 heterocycles. The summed E-state index contributed by atoms with van der Waals surface area (Å²) in [6, 6.07) is 3.53. The van der Waals surface area contributed by atoms with Crippen LogP contribution in [0.1, 0.15) is 6.92 Å². The number of anilines is 1. The maximum Gasteiger partial charge on any atom is 0.240 e. The van der Waals surface area contributed by atoms with Crippen molar-refractivity contribution in [3.8, 4) is 11.3 Å². The van der Waals surface area contributed by atoms with Crippen molar-refractivity contribution in [2.45, 2.75) is 6.92 Å². The van der Waals surface area contributed by atoms with Crippen LogP contribution in [0.15, 0.2) is 23.6 Å². The zero-order chi connectivity index (χ0) is 16.8. The number of aliphatic hydroxyl groups is 1. The van der Waals surface area contributed by atoms with E-state index in [-0.39, 0.29) is 19.1 Å². The average Bonchev–Trinajstić information content (AvgIpc) is 2.98. The van der Waals surface area contributed by atoms with Crippen LogP contribution in [0.4, 0.5) is 13.9 Å². The number of nitrogens with zero attached hydrogens (tertiary/aromatic N) is 2. The first-order valence-electron chi connectivity index (χ1n) is 7.07. The van der Waals surface area contributed by atoms with Crippen molar-refractivity contribution < 1.29 is 18.7 Å². The monoisotopic (exact) mass is 341 g/mol. The van der Waals surface area contributed by atoms with Gasteiger partial charge >= 0.3 is 0 Å². The number of carbonyl (C=O) groups is 1.